The number of methoxy groups -OCH3 is 1. The number of hydrogen-bond donors (Lipinski definition) is 1. The maximum atomic E-state index is 10.2. The third-order valence-corrected chi connectivity index (χ3v) is 2.43. The lowest BCUT2D eigenvalue weighted by Gasteiger charge is -2.02. The zero-order valence-corrected chi connectivity index (χ0v) is 8.63. The number of aliphatic imine (C=N–C) groups is 1. The lowest BCUT2D eigenvalue weighted by molar-refractivity contribution is 0.419. The second-order valence-electron chi connectivity index (χ2n) is 2.88. The molecule has 76 valence electrons. The molecule has 0 aliphatic rings. The molecule has 0 saturated heterocycles. The minimum Gasteiger partial charge on any atom is -0.495 e. The van der Waals surface area contributed by atoms with E-state index in [1.807, 2.05) is 0 Å². The van der Waals surface area contributed by atoms with Crippen LogP contribution >= 0.6 is 11.6 Å². The van der Waals surface area contributed by atoms with E-state index in [9.17, 15) is 4.79 Å². The largest absolute Gasteiger partial charge is 0.495 e. The summed E-state index contributed by atoms with van der Waals surface area (Å²) in [5, 5.41) is 1.18. The van der Waals surface area contributed by atoms with E-state index >= 15 is 0 Å². The average molecular weight is 223 g/mol. The standard InChI is InChI=1S/C10H7ClN2O2/c1-15-8-3-2-6(11)9-7(13-5-14)4-12-10(8)9/h2-4,12H,1H3. The Bertz CT molecular complexity index is 556. The number of isocyanates is 1. The fourth-order valence-electron chi connectivity index (χ4n) is 1.47. The molecule has 0 spiro atoms. The van der Waals surface area contributed by atoms with Gasteiger partial charge in [0, 0.05) is 11.6 Å². The molecule has 0 amide bonds. The highest BCUT2D eigenvalue weighted by Crippen LogP contribution is 2.36. The van der Waals surface area contributed by atoms with Crippen LogP contribution < -0.4 is 4.74 Å². The van der Waals surface area contributed by atoms with Gasteiger partial charge in [-0.2, -0.15) is 4.99 Å². The second kappa shape index (κ2) is 3.77. The van der Waals surface area contributed by atoms with Crippen LogP contribution in [0.25, 0.3) is 10.9 Å². The van der Waals surface area contributed by atoms with E-state index in [0.717, 1.165) is 5.52 Å². The van der Waals surface area contributed by atoms with E-state index in [1.165, 1.54) is 6.08 Å². The van der Waals surface area contributed by atoms with Gasteiger partial charge >= 0.3 is 0 Å². The summed E-state index contributed by atoms with van der Waals surface area (Å²) in [6, 6.07) is 3.44. The van der Waals surface area contributed by atoms with E-state index in [1.54, 1.807) is 25.4 Å². The van der Waals surface area contributed by atoms with Crippen LogP contribution in [-0.4, -0.2) is 18.2 Å². The summed E-state index contributed by atoms with van der Waals surface area (Å²) < 4.78 is 5.14. The molecule has 5 heteroatoms. The van der Waals surface area contributed by atoms with Crippen molar-refractivity contribution >= 4 is 34.3 Å². The molecular formula is C10H7ClN2O2. The number of fused-ring (bicyclic) bond motifs is 1. The number of benzene rings is 1. The minimum absolute atomic E-state index is 0.462. The van der Waals surface area contributed by atoms with Crippen LogP contribution in [0, 0.1) is 0 Å². The number of aromatic amines is 1. The summed E-state index contributed by atoms with van der Waals surface area (Å²) in [7, 11) is 1.56. The fraction of sp³-hybridized carbons (Fsp3) is 0.100. The summed E-state index contributed by atoms with van der Waals surface area (Å²) >= 11 is 6.00. The first-order valence-corrected chi connectivity index (χ1v) is 4.57. The summed E-state index contributed by atoms with van der Waals surface area (Å²) in [5.74, 6) is 0.654. The predicted molar refractivity (Wildman–Crippen MR) is 57.6 cm³/mol. The molecule has 1 N–H and O–H groups in total. The quantitative estimate of drug-likeness (QED) is 0.628. The summed E-state index contributed by atoms with van der Waals surface area (Å²) in [6.45, 7) is 0. The van der Waals surface area contributed by atoms with E-state index in [4.69, 9.17) is 16.3 Å². The van der Waals surface area contributed by atoms with Crippen molar-refractivity contribution < 1.29 is 9.53 Å². The van der Waals surface area contributed by atoms with Gasteiger partial charge in [0.15, 0.2) is 0 Å². The molecule has 1 heterocycles. The highest BCUT2D eigenvalue weighted by Gasteiger charge is 2.11. The molecule has 0 aliphatic heterocycles. The second-order valence-corrected chi connectivity index (χ2v) is 3.28. The van der Waals surface area contributed by atoms with Gasteiger partial charge in [-0.25, -0.2) is 4.79 Å². The van der Waals surface area contributed by atoms with Crippen molar-refractivity contribution in [1.29, 1.82) is 0 Å². The van der Waals surface area contributed by atoms with E-state index < -0.39 is 0 Å². The first kappa shape index (κ1) is 9.77. The number of nitrogens with one attached hydrogen (secondary N) is 1. The Hall–Kier alpha value is -1.77. The van der Waals surface area contributed by atoms with Crippen LogP contribution in [0.3, 0.4) is 0 Å². The molecule has 0 unspecified atom stereocenters. The van der Waals surface area contributed by atoms with Gasteiger partial charge in [-0.05, 0) is 12.1 Å². The molecule has 0 bridgehead atoms. The highest BCUT2D eigenvalue weighted by atomic mass is 35.5. The number of hydrogen-bond acceptors (Lipinski definition) is 3. The van der Waals surface area contributed by atoms with Crippen molar-refractivity contribution in [3.8, 4) is 5.75 Å². The van der Waals surface area contributed by atoms with Crippen molar-refractivity contribution in [2.45, 2.75) is 0 Å². The van der Waals surface area contributed by atoms with E-state index in [2.05, 4.69) is 9.98 Å². The maximum absolute atomic E-state index is 10.2. The number of ether oxygens (including phenoxy) is 1. The van der Waals surface area contributed by atoms with Crippen LogP contribution in [0.4, 0.5) is 5.69 Å². The topological polar surface area (TPSA) is 54.4 Å². The summed E-state index contributed by atoms with van der Waals surface area (Å²) in [4.78, 5) is 16.7. The Morgan fingerprint density at radius 3 is 3.00 bits per heavy atom. The summed E-state index contributed by atoms with van der Waals surface area (Å²) in [6.07, 6.45) is 3.07. The number of H-pyrrole nitrogens is 1. The number of nitrogens with zero attached hydrogens (tertiary/aromatic N) is 1. The van der Waals surface area contributed by atoms with Crippen LogP contribution in [0.1, 0.15) is 0 Å². The SMILES string of the molecule is COc1ccc(Cl)c2c(N=C=O)c[nH]c12. The third-order valence-electron chi connectivity index (χ3n) is 2.11. The van der Waals surface area contributed by atoms with Gasteiger partial charge in [0.05, 0.1) is 17.6 Å². The Labute approximate surface area is 90.5 Å². The fourth-order valence-corrected chi connectivity index (χ4v) is 1.73. The maximum Gasteiger partial charge on any atom is 0.240 e. The van der Waals surface area contributed by atoms with Gasteiger partial charge in [0.25, 0.3) is 0 Å². The Kier molecular flexibility index (Phi) is 2.46. The van der Waals surface area contributed by atoms with Gasteiger partial charge in [0.2, 0.25) is 6.08 Å². The van der Waals surface area contributed by atoms with Crippen LogP contribution in [0.15, 0.2) is 23.3 Å². The molecule has 0 saturated carbocycles. The van der Waals surface area contributed by atoms with Gasteiger partial charge in [-0.15, -0.1) is 0 Å². The lowest BCUT2D eigenvalue weighted by atomic mass is 10.2. The van der Waals surface area contributed by atoms with Crippen molar-refractivity contribution in [3.63, 3.8) is 0 Å². The first-order valence-electron chi connectivity index (χ1n) is 4.19. The van der Waals surface area contributed by atoms with Gasteiger partial charge < -0.3 is 9.72 Å². The smallest absolute Gasteiger partial charge is 0.240 e. The van der Waals surface area contributed by atoms with Crippen LogP contribution in [-0.2, 0) is 4.79 Å². The monoisotopic (exact) mass is 222 g/mol. The molecule has 0 aliphatic carbocycles. The van der Waals surface area contributed by atoms with E-state index in [0.29, 0.717) is 21.8 Å². The van der Waals surface area contributed by atoms with Crippen molar-refractivity contribution in [3.05, 3.63) is 23.4 Å². The Morgan fingerprint density at radius 1 is 1.53 bits per heavy atom. The summed E-state index contributed by atoms with van der Waals surface area (Å²) in [5.41, 5.74) is 1.18. The van der Waals surface area contributed by atoms with Gasteiger partial charge in [0.1, 0.15) is 11.4 Å². The normalized spacial score (nSPS) is 10.0. The number of carbonyl (C=O) groups excluding carboxylic acids is 1. The van der Waals surface area contributed by atoms with Gasteiger partial charge in [-0.3, -0.25) is 0 Å². The molecule has 0 radical (unpaired) electrons. The van der Waals surface area contributed by atoms with Crippen LogP contribution in [0.5, 0.6) is 5.75 Å². The number of aromatic nitrogens is 1. The number of rotatable bonds is 2. The molecule has 2 aromatic rings. The lowest BCUT2D eigenvalue weighted by Crippen LogP contribution is -1.83. The molecule has 4 nitrogen and oxygen atoms in total. The molecule has 0 fully saturated rings. The van der Waals surface area contributed by atoms with Gasteiger partial charge in [-0.1, -0.05) is 11.6 Å². The highest BCUT2D eigenvalue weighted by molar-refractivity contribution is 6.36. The van der Waals surface area contributed by atoms with Crippen LogP contribution in [0.2, 0.25) is 5.02 Å². The molecular weight excluding hydrogens is 216 g/mol. The molecule has 2 rings (SSSR count). The zero-order chi connectivity index (χ0) is 10.8. The molecule has 15 heavy (non-hydrogen) atoms. The Morgan fingerprint density at radius 2 is 2.33 bits per heavy atom. The molecule has 1 aromatic heterocycles. The zero-order valence-electron chi connectivity index (χ0n) is 7.87. The number of halogens is 1. The Balaban J connectivity index is 2.84. The molecule has 0 atom stereocenters. The predicted octanol–water partition coefficient (Wildman–Crippen LogP) is 2.80. The van der Waals surface area contributed by atoms with Crippen molar-refractivity contribution in [1.82, 2.24) is 4.98 Å². The minimum atomic E-state index is 0.462. The van der Waals surface area contributed by atoms with E-state index in [-0.39, 0.29) is 0 Å². The first-order chi connectivity index (χ1) is 7.27. The average Bonchev–Trinajstić information content (AvgIpc) is 2.64. The molecule has 1 aromatic carbocycles. The van der Waals surface area contributed by atoms with Crippen molar-refractivity contribution in [2.24, 2.45) is 4.99 Å². The third kappa shape index (κ3) is 1.50. The van der Waals surface area contributed by atoms with Crippen molar-refractivity contribution in [2.75, 3.05) is 7.11 Å².